The van der Waals surface area contributed by atoms with Gasteiger partial charge in [0.05, 0.1) is 6.04 Å². The molecule has 0 saturated heterocycles. The molecule has 18 heavy (non-hydrogen) atoms. The van der Waals surface area contributed by atoms with Crippen molar-refractivity contribution in [3.8, 4) is 0 Å². The van der Waals surface area contributed by atoms with E-state index in [2.05, 4.69) is 30.3 Å². The van der Waals surface area contributed by atoms with Gasteiger partial charge in [-0.05, 0) is 22.8 Å². The van der Waals surface area contributed by atoms with Crippen molar-refractivity contribution in [2.75, 3.05) is 0 Å². The van der Waals surface area contributed by atoms with Crippen molar-refractivity contribution >= 4 is 16.6 Å². The van der Waals surface area contributed by atoms with Gasteiger partial charge in [0.1, 0.15) is 0 Å². The molecule has 0 saturated carbocycles. The van der Waals surface area contributed by atoms with Gasteiger partial charge in [-0.2, -0.15) is 0 Å². The van der Waals surface area contributed by atoms with Gasteiger partial charge in [-0.3, -0.25) is 4.79 Å². The summed E-state index contributed by atoms with van der Waals surface area (Å²) in [6, 6.07) is 14.1. The second-order valence-electron chi connectivity index (χ2n) is 5.05. The van der Waals surface area contributed by atoms with E-state index in [9.17, 15) is 4.79 Å². The molecule has 2 aromatic carbocycles. The van der Waals surface area contributed by atoms with E-state index < -0.39 is 6.04 Å². The number of carbonyl (C=O) groups excluding carboxylic acids is 1. The Bertz CT molecular complexity index is 560. The largest absolute Gasteiger partial charge is 0.321 e. The Morgan fingerprint density at radius 3 is 2.44 bits per heavy atom. The number of fused-ring (bicyclic) bond motifs is 1. The summed E-state index contributed by atoms with van der Waals surface area (Å²) in [5, 5.41) is 2.41. The number of carbonyl (C=O) groups is 1. The van der Waals surface area contributed by atoms with Gasteiger partial charge in [0.15, 0.2) is 5.78 Å². The molecule has 0 fully saturated rings. The molecule has 1 unspecified atom stereocenters. The molecule has 0 heterocycles. The normalized spacial score (nSPS) is 12.9. The molecule has 1 atom stereocenters. The van der Waals surface area contributed by atoms with Crippen molar-refractivity contribution in [3.63, 3.8) is 0 Å². The Kier molecular flexibility index (Phi) is 3.78. The van der Waals surface area contributed by atoms with E-state index >= 15 is 0 Å². The third kappa shape index (κ3) is 2.77. The van der Waals surface area contributed by atoms with E-state index in [0.717, 1.165) is 5.56 Å². The SMILES string of the molecule is CC(C)C(=O)C(N)Cc1ccc2ccccc2c1. The van der Waals surface area contributed by atoms with Crippen molar-refractivity contribution in [1.29, 1.82) is 0 Å². The first kappa shape index (κ1) is 12.8. The van der Waals surface area contributed by atoms with E-state index in [0.29, 0.717) is 6.42 Å². The van der Waals surface area contributed by atoms with Gasteiger partial charge in [0.25, 0.3) is 0 Å². The standard InChI is InChI=1S/C16H19NO/c1-11(2)16(18)15(17)10-12-7-8-13-5-3-4-6-14(13)9-12/h3-9,11,15H,10,17H2,1-2H3. The Labute approximate surface area is 108 Å². The number of Topliss-reactive ketones (excluding diaryl/α,β-unsaturated/α-hetero) is 1. The van der Waals surface area contributed by atoms with Crippen molar-refractivity contribution in [2.45, 2.75) is 26.3 Å². The summed E-state index contributed by atoms with van der Waals surface area (Å²) in [4.78, 5) is 11.8. The quantitative estimate of drug-likeness (QED) is 0.894. The molecular formula is C16H19NO. The number of rotatable bonds is 4. The highest BCUT2D eigenvalue weighted by atomic mass is 16.1. The molecule has 2 nitrogen and oxygen atoms in total. The van der Waals surface area contributed by atoms with E-state index in [1.165, 1.54) is 10.8 Å². The summed E-state index contributed by atoms with van der Waals surface area (Å²) < 4.78 is 0. The minimum atomic E-state index is -0.397. The first-order valence-electron chi connectivity index (χ1n) is 6.35. The number of benzene rings is 2. The molecule has 2 rings (SSSR count). The Morgan fingerprint density at radius 1 is 1.11 bits per heavy atom. The predicted molar refractivity (Wildman–Crippen MR) is 75.5 cm³/mol. The van der Waals surface area contributed by atoms with Crippen LogP contribution in [0, 0.1) is 5.92 Å². The maximum atomic E-state index is 11.8. The fraction of sp³-hybridized carbons (Fsp3) is 0.312. The third-order valence-electron chi connectivity index (χ3n) is 3.20. The molecule has 0 aliphatic rings. The van der Waals surface area contributed by atoms with Gasteiger partial charge in [-0.1, -0.05) is 56.3 Å². The minimum Gasteiger partial charge on any atom is -0.321 e. The van der Waals surface area contributed by atoms with Crippen LogP contribution in [0.5, 0.6) is 0 Å². The zero-order valence-electron chi connectivity index (χ0n) is 10.9. The third-order valence-corrected chi connectivity index (χ3v) is 3.20. The average Bonchev–Trinajstić information content (AvgIpc) is 2.37. The van der Waals surface area contributed by atoms with E-state index in [1.807, 2.05) is 26.0 Å². The molecule has 0 aromatic heterocycles. The minimum absolute atomic E-state index is 0.000423. The average molecular weight is 241 g/mol. The smallest absolute Gasteiger partial charge is 0.152 e. The lowest BCUT2D eigenvalue weighted by Crippen LogP contribution is -2.35. The molecule has 0 spiro atoms. The second-order valence-corrected chi connectivity index (χ2v) is 5.05. The fourth-order valence-corrected chi connectivity index (χ4v) is 2.15. The summed E-state index contributed by atoms with van der Waals surface area (Å²) in [6.07, 6.45) is 0.613. The molecule has 2 heteroatoms. The van der Waals surface area contributed by atoms with Crippen molar-refractivity contribution in [1.82, 2.24) is 0 Å². The van der Waals surface area contributed by atoms with Crippen LogP contribution in [0.3, 0.4) is 0 Å². The maximum absolute atomic E-state index is 11.8. The highest BCUT2D eigenvalue weighted by Crippen LogP contribution is 2.17. The molecule has 2 aromatic rings. The summed E-state index contributed by atoms with van der Waals surface area (Å²) in [7, 11) is 0. The molecule has 2 N–H and O–H groups in total. The van der Waals surface area contributed by atoms with Crippen LogP contribution in [0.25, 0.3) is 10.8 Å². The zero-order valence-corrected chi connectivity index (χ0v) is 10.9. The van der Waals surface area contributed by atoms with E-state index in [1.54, 1.807) is 0 Å². The monoisotopic (exact) mass is 241 g/mol. The Morgan fingerprint density at radius 2 is 1.78 bits per heavy atom. The zero-order chi connectivity index (χ0) is 13.1. The topological polar surface area (TPSA) is 43.1 Å². The lowest BCUT2D eigenvalue weighted by molar-refractivity contribution is -0.123. The summed E-state index contributed by atoms with van der Waals surface area (Å²) in [6.45, 7) is 3.78. The van der Waals surface area contributed by atoms with Crippen LogP contribution in [0.4, 0.5) is 0 Å². The number of ketones is 1. The van der Waals surface area contributed by atoms with Crippen molar-refractivity contribution in [2.24, 2.45) is 11.7 Å². The maximum Gasteiger partial charge on any atom is 0.152 e. The summed E-state index contributed by atoms with van der Waals surface area (Å²) >= 11 is 0. The molecule has 0 bridgehead atoms. The van der Waals surface area contributed by atoms with Crippen LogP contribution in [0.1, 0.15) is 19.4 Å². The van der Waals surface area contributed by atoms with Gasteiger partial charge >= 0.3 is 0 Å². The molecule has 0 aliphatic carbocycles. The van der Waals surface area contributed by atoms with Crippen molar-refractivity contribution in [3.05, 3.63) is 48.0 Å². The van der Waals surface area contributed by atoms with Crippen LogP contribution in [-0.4, -0.2) is 11.8 Å². The second kappa shape index (κ2) is 5.32. The van der Waals surface area contributed by atoms with Crippen LogP contribution >= 0.6 is 0 Å². The molecule has 0 radical (unpaired) electrons. The summed E-state index contributed by atoms with van der Waals surface area (Å²) in [5.41, 5.74) is 7.07. The van der Waals surface area contributed by atoms with Crippen LogP contribution < -0.4 is 5.73 Å². The van der Waals surface area contributed by atoms with Gasteiger partial charge in [0.2, 0.25) is 0 Å². The van der Waals surface area contributed by atoms with Crippen molar-refractivity contribution < 1.29 is 4.79 Å². The Hall–Kier alpha value is -1.67. The first-order chi connectivity index (χ1) is 8.58. The number of hydrogen-bond acceptors (Lipinski definition) is 2. The molecule has 0 amide bonds. The first-order valence-corrected chi connectivity index (χ1v) is 6.35. The van der Waals surface area contributed by atoms with Gasteiger partial charge < -0.3 is 5.73 Å². The lowest BCUT2D eigenvalue weighted by Gasteiger charge is -2.13. The highest BCUT2D eigenvalue weighted by molar-refractivity contribution is 5.86. The fourth-order valence-electron chi connectivity index (χ4n) is 2.15. The molecule has 0 aliphatic heterocycles. The van der Waals surface area contributed by atoms with E-state index in [4.69, 9.17) is 5.73 Å². The number of hydrogen-bond donors (Lipinski definition) is 1. The lowest BCUT2D eigenvalue weighted by atomic mass is 9.95. The van der Waals surface area contributed by atoms with E-state index in [-0.39, 0.29) is 11.7 Å². The van der Waals surface area contributed by atoms with Gasteiger partial charge in [-0.25, -0.2) is 0 Å². The molecule has 94 valence electrons. The van der Waals surface area contributed by atoms with Crippen LogP contribution in [0.15, 0.2) is 42.5 Å². The van der Waals surface area contributed by atoms with Gasteiger partial charge in [0, 0.05) is 5.92 Å². The predicted octanol–water partition coefficient (Wildman–Crippen LogP) is 2.93. The number of nitrogens with two attached hydrogens (primary N) is 1. The van der Waals surface area contributed by atoms with Crippen LogP contribution in [-0.2, 0) is 11.2 Å². The molecular weight excluding hydrogens is 222 g/mol. The summed E-state index contributed by atoms with van der Waals surface area (Å²) in [5.74, 6) is 0.128. The highest BCUT2D eigenvalue weighted by Gasteiger charge is 2.17. The van der Waals surface area contributed by atoms with Crippen LogP contribution in [0.2, 0.25) is 0 Å². The van der Waals surface area contributed by atoms with Gasteiger partial charge in [-0.15, -0.1) is 0 Å². The Balaban J connectivity index is 2.19.